The number of anilines is 2. The molecule has 2 aromatic carbocycles. The van der Waals surface area contributed by atoms with Crippen LogP contribution in [0, 0.1) is 0 Å². The number of nitrogens with two attached hydrogens (primary N) is 1. The van der Waals surface area contributed by atoms with Crippen LogP contribution in [0.25, 0.3) is 0 Å². The molecule has 1 unspecified atom stereocenters. The Bertz CT molecular complexity index is 657. The van der Waals surface area contributed by atoms with E-state index in [1.54, 1.807) is 4.90 Å². The predicted molar refractivity (Wildman–Crippen MR) is 106 cm³/mol. The van der Waals surface area contributed by atoms with Crippen LogP contribution in [0.1, 0.15) is 45.1 Å². The van der Waals surface area contributed by atoms with Crippen LogP contribution >= 0.6 is 0 Å². The van der Waals surface area contributed by atoms with Crippen LogP contribution in [0.3, 0.4) is 0 Å². The number of hydrogen-bond donors (Lipinski definition) is 2. The van der Waals surface area contributed by atoms with Crippen LogP contribution in [0.5, 0.6) is 0 Å². The third kappa shape index (κ3) is 5.82. The Balaban J connectivity index is 2.13. The van der Waals surface area contributed by atoms with Crippen molar-refractivity contribution in [1.82, 2.24) is 5.32 Å². The van der Waals surface area contributed by atoms with E-state index in [0.717, 1.165) is 24.1 Å². The quantitative estimate of drug-likeness (QED) is 0.528. The lowest BCUT2D eigenvalue weighted by Gasteiger charge is -2.26. The number of urea groups is 1. The van der Waals surface area contributed by atoms with Crippen molar-refractivity contribution >= 4 is 17.4 Å². The molecule has 0 saturated carbocycles. The first-order valence-corrected chi connectivity index (χ1v) is 9.08. The number of hydrogen-bond acceptors (Lipinski definition) is 2. The summed E-state index contributed by atoms with van der Waals surface area (Å²) in [5, 5.41) is 3.12. The largest absolute Gasteiger partial charge is 0.397 e. The van der Waals surface area contributed by atoms with Crippen molar-refractivity contribution in [2.75, 3.05) is 10.6 Å². The minimum Gasteiger partial charge on any atom is -0.397 e. The molecule has 0 saturated heterocycles. The SMILES string of the molecule is CCCCCC(C)NC(=O)N(Cc1ccccc1)c1ccccc1N. The molecule has 4 heteroatoms. The van der Waals surface area contributed by atoms with E-state index in [2.05, 4.69) is 19.2 Å². The van der Waals surface area contributed by atoms with Gasteiger partial charge in [-0.3, -0.25) is 4.90 Å². The van der Waals surface area contributed by atoms with Crippen molar-refractivity contribution in [3.63, 3.8) is 0 Å². The van der Waals surface area contributed by atoms with Crippen LogP contribution in [-0.4, -0.2) is 12.1 Å². The van der Waals surface area contributed by atoms with Gasteiger partial charge in [0.2, 0.25) is 0 Å². The maximum Gasteiger partial charge on any atom is 0.322 e. The Morgan fingerprint density at radius 1 is 1.08 bits per heavy atom. The number of nitrogens with zero attached hydrogens (tertiary/aromatic N) is 1. The number of rotatable bonds is 8. The fourth-order valence-electron chi connectivity index (χ4n) is 2.83. The predicted octanol–water partition coefficient (Wildman–Crippen LogP) is 4.95. The van der Waals surface area contributed by atoms with E-state index in [9.17, 15) is 4.79 Å². The van der Waals surface area contributed by atoms with Crippen LogP contribution in [0.4, 0.5) is 16.2 Å². The lowest BCUT2D eigenvalue weighted by molar-refractivity contribution is 0.242. The lowest BCUT2D eigenvalue weighted by atomic mass is 10.1. The fourth-order valence-corrected chi connectivity index (χ4v) is 2.83. The monoisotopic (exact) mass is 339 g/mol. The highest BCUT2D eigenvalue weighted by Crippen LogP contribution is 2.24. The molecule has 0 bridgehead atoms. The first-order valence-electron chi connectivity index (χ1n) is 9.08. The van der Waals surface area contributed by atoms with Gasteiger partial charge in [-0.1, -0.05) is 68.7 Å². The van der Waals surface area contributed by atoms with Gasteiger partial charge >= 0.3 is 6.03 Å². The van der Waals surface area contributed by atoms with E-state index < -0.39 is 0 Å². The molecule has 2 rings (SSSR count). The molecular formula is C21H29N3O. The van der Waals surface area contributed by atoms with Crippen molar-refractivity contribution in [2.45, 2.75) is 52.1 Å². The van der Waals surface area contributed by atoms with Crippen molar-refractivity contribution in [3.8, 4) is 0 Å². The zero-order valence-electron chi connectivity index (χ0n) is 15.2. The van der Waals surface area contributed by atoms with Crippen LogP contribution in [-0.2, 0) is 6.54 Å². The second-order valence-electron chi connectivity index (χ2n) is 6.48. The molecule has 0 radical (unpaired) electrons. The Labute approximate surface area is 151 Å². The van der Waals surface area contributed by atoms with Gasteiger partial charge in [0.1, 0.15) is 0 Å². The van der Waals surface area contributed by atoms with Crippen molar-refractivity contribution in [3.05, 3.63) is 60.2 Å². The van der Waals surface area contributed by atoms with Crippen LogP contribution < -0.4 is 16.0 Å². The molecule has 0 spiro atoms. The Kier molecular flexibility index (Phi) is 7.33. The third-order valence-electron chi connectivity index (χ3n) is 4.27. The van der Waals surface area contributed by atoms with Gasteiger partial charge < -0.3 is 11.1 Å². The molecule has 0 aliphatic rings. The summed E-state index contributed by atoms with van der Waals surface area (Å²) in [6, 6.07) is 17.5. The summed E-state index contributed by atoms with van der Waals surface area (Å²) in [7, 11) is 0. The first kappa shape index (κ1) is 18.8. The Hall–Kier alpha value is -2.49. The van der Waals surface area contributed by atoms with E-state index in [0.29, 0.717) is 12.2 Å². The maximum absolute atomic E-state index is 12.9. The minimum atomic E-state index is -0.106. The zero-order chi connectivity index (χ0) is 18.1. The molecule has 0 fully saturated rings. The van der Waals surface area contributed by atoms with Crippen LogP contribution in [0.15, 0.2) is 54.6 Å². The van der Waals surface area contributed by atoms with Gasteiger partial charge in [-0.05, 0) is 31.0 Å². The van der Waals surface area contributed by atoms with Gasteiger partial charge in [0.15, 0.2) is 0 Å². The highest BCUT2D eigenvalue weighted by Gasteiger charge is 2.19. The normalized spacial score (nSPS) is 11.8. The van der Waals surface area contributed by atoms with Gasteiger partial charge in [0.05, 0.1) is 17.9 Å². The smallest absolute Gasteiger partial charge is 0.322 e. The van der Waals surface area contributed by atoms with Crippen LogP contribution in [0.2, 0.25) is 0 Å². The topological polar surface area (TPSA) is 58.4 Å². The summed E-state index contributed by atoms with van der Waals surface area (Å²) >= 11 is 0. The molecule has 0 aromatic heterocycles. The van der Waals surface area contributed by atoms with E-state index in [4.69, 9.17) is 5.73 Å². The van der Waals surface area contributed by atoms with Gasteiger partial charge in [-0.2, -0.15) is 0 Å². The van der Waals surface area contributed by atoms with Gasteiger partial charge in [0, 0.05) is 6.04 Å². The highest BCUT2D eigenvalue weighted by molar-refractivity contribution is 5.95. The number of carbonyl (C=O) groups excluding carboxylic acids is 1. The Morgan fingerprint density at radius 2 is 1.76 bits per heavy atom. The summed E-state index contributed by atoms with van der Waals surface area (Å²) in [6.45, 7) is 4.73. The summed E-state index contributed by atoms with van der Waals surface area (Å²) in [4.78, 5) is 14.6. The maximum atomic E-state index is 12.9. The molecule has 3 N–H and O–H groups in total. The van der Waals surface area contributed by atoms with Gasteiger partial charge in [-0.25, -0.2) is 4.79 Å². The molecule has 134 valence electrons. The lowest BCUT2D eigenvalue weighted by Crippen LogP contribution is -2.44. The minimum absolute atomic E-state index is 0.106. The van der Waals surface area contributed by atoms with E-state index in [1.165, 1.54) is 12.8 Å². The summed E-state index contributed by atoms with van der Waals surface area (Å²) in [5.41, 5.74) is 8.53. The molecule has 2 aromatic rings. The standard InChI is InChI=1S/C21H29N3O/c1-3-4-6-11-17(2)23-21(25)24(16-18-12-7-5-8-13-18)20-15-10-9-14-19(20)22/h5,7-10,12-15,17H,3-4,6,11,16,22H2,1-2H3,(H,23,25). The molecular weight excluding hydrogens is 310 g/mol. The van der Waals surface area contributed by atoms with Gasteiger partial charge in [-0.15, -0.1) is 0 Å². The van der Waals surface area contributed by atoms with Crippen molar-refractivity contribution in [1.29, 1.82) is 0 Å². The third-order valence-corrected chi connectivity index (χ3v) is 4.27. The average molecular weight is 339 g/mol. The molecule has 0 heterocycles. The number of nitrogens with one attached hydrogen (secondary N) is 1. The number of benzene rings is 2. The van der Waals surface area contributed by atoms with E-state index >= 15 is 0 Å². The molecule has 0 aliphatic carbocycles. The van der Waals surface area contributed by atoms with E-state index in [-0.39, 0.29) is 12.1 Å². The van der Waals surface area contributed by atoms with Crippen molar-refractivity contribution in [2.24, 2.45) is 0 Å². The Morgan fingerprint density at radius 3 is 2.44 bits per heavy atom. The second-order valence-corrected chi connectivity index (χ2v) is 6.48. The molecule has 4 nitrogen and oxygen atoms in total. The fraction of sp³-hybridized carbons (Fsp3) is 0.381. The molecule has 2 amide bonds. The number of amides is 2. The number of carbonyl (C=O) groups is 1. The van der Waals surface area contributed by atoms with E-state index in [1.807, 2.05) is 54.6 Å². The second kappa shape index (κ2) is 9.72. The first-order chi connectivity index (χ1) is 12.1. The summed E-state index contributed by atoms with van der Waals surface area (Å²) in [6.07, 6.45) is 4.49. The summed E-state index contributed by atoms with van der Waals surface area (Å²) in [5.74, 6) is 0. The number of nitrogen functional groups attached to an aromatic ring is 1. The summed E-state index contributed by atoms with van der Waals surface area (Å²) < 4.78 is 0. The average Bonchev–Trinajstić information content (AvgIpc) is 2.61. The molecule has 25 heavy (non-hydrogen) atoms. The van der Waals surface area contributed by atoms with Gasteiger partial charge in [0.25, 0.3) is 0 Å². The van der Waals surface area contributed by atoms with Crippen molar-refractivity contribution < 1.29 is 4.79 Å². The highest BCUT2D eigenvalue weighted by atomic mass is 16.2. The molecule has 1 atom stereocenters. The number of unbranched alkanes of at least 4 members (excludes halogenated alkanes) is 2. The zero-order valence-corrected chi connectivity index (χ0v) is 15.2. The molecule has 0 aliphatic heterocycles. The number of para-hydroxylation sites is 2.